The van der Waals surface area contributed by atoms with Crippen molar-refractivity contribution >= 4 is 17.6 Å². The van der Waals surface area contributed by atoms with Crippen LogP contribution < -0.4 is 0 Å². The number of unbranched alkanes of at least 4 members (excludes halogenated alkanes) is 2. The molecule has 4 heteroatoms. The summed E-state index contributed by atoms with van der Waals surface area (Å²) in [4.78, 5) is 10.6. The molecule has 0 aliphatic heterocycles. The average Bonchev–Trinajstić information content (AvgIpc) is 3.12. The number of rotatable bonds is 9. The number of carbonyl (C=O) groups is 1. The van der Waals surface area contributed by atoms with E-state index < -0.39 is 5.97 Å². The summed E-state index contributed by atoms with van der Waals surface area (Å²) in [5.74, 6) is -0.128. The van der Waals surface area contributed by atoms with E-state index in [2.05, 4.69) is 31.9 Å². The Hall–Kier alpha value is -1.76. The van der Waals surface area contributed by atoms with Gasteiger partial charge >= 0.3 is 5.97 Å². The first-order chi connectivity index (χ1) is 13.9. The highest BCUT2D eigenvalue weighted by molar-refractivity contribution is 6.20. The van der Waals surface area contributed by atoms with Crippen LogP contribution in [-0.2, 0) is 6.42 Å². The Morgan fingerprint density at radius 1 is 1.31 bits per heavy atom. The van der Waals surface area contributed by atoms with Crippen molar-refractivity contribution in [3.05, 3.63) is 47.5 Å². The van der Waals surface area contributed by atoms with E-state index in [1.54, 1.807) is 18.2 Å². The lowest BCUT2D eigenvalue weighted by molar-refractivity contribution is 0.0696. The van der Waals surface area contributed by atoms with E-state index >= 15 is 0 Å². The van der Waals surface area contributed by atoms with Gasteiger partial charge in [-0.3, -0.25) is 0 Å². The molecular weight excluding hydrogens is 384 g/mol. The molecule has 0 bridgehead atoms. The van der Waals surface area contributed by atoms with E-state index in [0.29, 0.717) is 10.9 Å². The minimum atomic E-state index is -0.854. The second-order valence-corrected chi connectivity index (χ2v) is 8.10. The number of allylic oxidation sites excluding steroid dienone is 2. The number of aryl methyl sites for hydroxylation is 1. The lowest BCUT2D eigenvalue weighted by Crippen LogP contribution is -1.97. The van der Waals surface area contributed by atoms with Gasteiger partial charge in [-0.2, -0.15) is 0 Å². The van der Waals surface area contributed by atoms with Crippen LogP contribution in [0.1, 0.15) is 81.1 Å². The first-order valence-electron chi connectivity index (χ1n) is 10.6. The molecule has 0 unspecified atom stereocenters. The third-order valence-corrected chi connectivity index (χ3v) is 5.17. The topological polar surface area (TPSA) is 57.5 Å². The number of halogens is 1. The molecule has 1 aliphatic rings. The zero-order chi connectivity index (χ0) is 22.1. The normalized spacial score (nSPS) is 19.0. The predicted molar refractivity (Wildman–Crippen MR) is 124 cm³/mol. The van der Waals surface area contributed by atoms with E-state index in [-0.39, 0.29) is 6.10 Å². The van der Waals surface area contributed by atoms with Crippen LogP contribution in [0, 0.1) is 18.8 Å². The fraction of sp³-hybridized carbons (Fsp3) is 0.560. The van der Waals surface area contributed by atoms with Gasteiger partial charge < -0.3 is 10.2 Å². The van der Waals surface area contributed by atoms with Crippen LogP contribution >= 0.6 is 11.6 Å². The van der Waals surface area contributed by atoms with Gasteiger partial charge in [0.2, 0.25) is 0 Å². The maximum absolute atomic E-state index is 10.6. The summed E-state index contributed by atoms with van der Waals surface area (Å²) in [6.45, 7) is 3.93. The number of carboxylic acids is 1. The molecular formula is C25H37ClO3. The molecule has 1 saturated carbocycles. The fourth-order valence-electron chi connectivity index (χ4n) is 3.27. The van der Waals surface area contributed by atoms with Gasteiger partial charge in [0.25, 0.3) is 0 Å². The molecule has 1 aromatic carbocycles. The van der Waals surface area contributed by atoms with Gasteiger partial charge in [-0.25, -0.2) is 4.79 Å². The second kappa shape index (κ2) is 17.1. The van der Waals surface area contributed by atoms with Crippen LogP contribution in [-0.4, -0.2) is 27.7 Å². The number of aliphatic hydroxyl groups is 1. The summed E-state index contributed by atoms with van der Waals surface area (Å²) >= 11 is 6.04. The summed E-state index contributed by atoms with van der Waals surface area (Å²) in [6, 6.07) is 7.08. The van der Waals surface area contributed by atoms with Crippen LogP contribution in [0.3, 0.4) is 0 Å². The second-order valence-electron chi connectivity index (χ2n) is 7.49. The number of hydrogen-bond donors (Lipinski definition) is 2. The van der Waals surface area contributed by atoms with Crippen LogP contribution in [0.25, 0.3) is 0 Å². The molecule has 0 spiro atoms. The Labute approximate surface area is 182 Å². The highest BCUT2D eigenvalue weighted by Crippen LogP contribution is 2.30. The third-order valence-electron chi connectivity index (χ3n) is 4.77. The SMILES string of the molecule is C#C.CCCc1cccc(C(=O)O)c1.C[C@@H](O)CCCC/C=C/[C@H]1CC[C@@H](Cl)C1. The lowest BCUT2D eigenvalue weighted by Gasteiger charge is -2.03. The van der Waals surface area contributed by atoms with Crippen LogP contribution in [0.15, 0.2) is 36.4 Å². The van der Waals surface area contributed by atoms with Crippen molar-refractivity contribution in [1.82, 2.24) is 0 Å². The highest BCUT2D eigenvalue weighted by Gasteiger charge is 2.19. The van der Waals surface area contributed by atoms with Crippen molar-refractivity contribution in [2.24, 2.45) is 5.92 Å². The minimum absolute atomic E-state index is 0.138. The van der Waals surface area contributed by atoms with Crippen molar-refractivity contribution in [2.75, 3.05) is 0 Å². The standard InChI is InChI=1S/C13H23ClO.C10H12O2.C2H2/c1-11(15)6-4-2-3-5-7-12-8-9-13(14)10-12;1-2-4-8-5-3-6-9(7-8)10(11)12;1-2/h5,7,11-13,15H,2-4,6,8-10H2,1H3;3,5-7H,2,4H2,1H3,(H,11,12);1-2H/b7-5+;;/t11-,12+,13-;;/m1../s1. The van der Waals surface area contributed by atoms with Crippen molar-refractivity contribution in [3.63, 3.8) is 0 Å². The molecule has 29 heavy (non-hydrogen) atoms. The molecule has 0 aromatic heterocycles. The predicted octanol–water partition coefficient (Wildman–Crippen LogP) is 6.48. The Kier molecular flexibility index (Phi) is 16.1. The highest BCUT2D eigenvalue weighted by atomic mass is 35.5. The Bertz CT molecular complexity index is 607. The monoisotopic (exact) mass is 420 g/mol. The third kappa shape index (κ3) is 14.0. The van der Waals surface area contributed by atoms with Crippen LogP contribution in [0.4, 0.5) is 0 Å². The van der Waals surface area contributed by atoms with E-state index in [4.69, 9.17) is 21.8 Å². The Balaban J connectivity index is 0.000000508. The first kappa shape index (κ1) is 27.2. The number of benzene rings is 1. The zero-order valence-corrected chi connectivity index (χ0v) is 18.7. The minimum Gasteiger partial charge on any atom is -0.478 e. The van der Waals surface area contributed by atoms with Crippen molar-refractivity contribution in [1.29, 1.82) is 0 Å². The molecule has 3 atom stereocenters. The molecule has 0 heterocycles. The summed E-state index contributed by atoms with van der Waals surface area (Å²) < 4.78 is 0. The molecule has 0 saturated heterocycles. The molecule has 162 valence electrons. The molecule has 1 aromatic rings. The summed E-state index contributed by atoms with van der Waals surface area (Å²) in [7, 11) is 0. The summed E-state index contributed by atoms with van der Waals surface area (Å²) in [6.07, 6.45) is 22.5. The quantitative estimate of drug-likeness (QED) is 0.208. The van der Waals surface area contributed by atoms with Crippen molar-refractivity contribution in [3.8, 4) is 12.8 Å². The lowest BCUT2D eigenvalue weighted by atomic mass is 10.1. The van der Waals surface area contributed by atoms with Gasteiger partial charge in [-0.15, -0.1) is 24.4 Å². The van der Waals surface area contributed by atoms with Gasteiger partial charge in [-0.1, -0.05) is 44.1 Å². The number of terminal acetylenes is 1. The number of hydrogen-bond acceptors (Lipinski definition) is 2. The molecule has 0 radical (unpaired) electrons. The average molecular weight is 421 g/mol. The smallest absolute Gasteiger partial charge is 0.335 e. The summed E-state index contributed by atoms with van der Waals surface area (Å²) in [5.41, 5.74) is 1.47. The molecule has 2 N–H and O–H groups in total. The van der Waals surface area contributed by atoms with Crippen LogP contribution in [0.5, 0.6) is 0 Å². The maximum Gasteiger partial charge on any atom is 0.335 e. The molecule has 3 nitrogen and oxygen atoms in total. The summed E-state index contributed by atoms with van der Waals surface area (Å²) in [5, 5.41) is 18.2. The number of carboxylic acid groups (broad SMARTS) is 1. The van der Waals surface area contributed by atoms with Crippen molar-refractivity contribution < 1.29 is 15.0 Å². The van der Waals surface area contributed by atoms with Gasteiger partial charge in [0.1, 0.15) is 0 Å². The molecule has 1 aliphatic carbocycles. The Morgan fingerprint density at radius 2 is 2.03 bits per heavy atom. The van der Waals surface area contributed by atoms with Gasteiger partial charge in [0, 0.05) is 5.38 Å². The largest absolute Gasteiger partial charge is 0.478 e. The zero-order valence-electron chi connectivity index (χ0n) is 17.9. The van der Waals surface area contributed by atoms with E-state index in [0.717, 1.165) is 50.0 Å². The van der Waals surface area contributed by atoms with Gasteiger partial charge in [0.15, 0.2) is 0 Å². The number of aliphatic hydroxyl groups excluding tert-OH is 1. The molecule has 2 rings (SSSR count). The van der Waals surface area contributed by atoms with E-state index in [1.165, 1.54) is 19.3 Å². The maximum atomic E-state index is 10.6. The Morgan fingerprint density at radius 3 is 2.59 bits per heavy atom. The first-order valence-corrected chi connectivity index (χ1v) is 11.0. The molecule has 0 amide bonds. The number of aromatic carboxylic acids is 1. The van der Waals surface area contributed by atoms with E-state index in [9.17, 15) is 4.79 Å². The fourth-order valence-corrected chi connectivity index (χ4v) is 3.63. The van der Waals surface area contributed by atoms with Crippen molar-refractivity contribution in [2.45, 2.75) is 83.1 Å². The molecule has 1 fully saturated rings. The van der Waals surface area contributed by atoms with Gasteiger partial charge in [-0.05, 0) is 75.5 Å². The van der Waals surface area contributed by atoms with Crippen LogP contribution in [0.2, 0.25) is 0 Å². The number of alkyl halides is 1. The van der Waals surface area contributed by atoms with E-state index in [1.807, 2.05) is 13.0 Å². The van der Waals surface area contributed by atoms with Gasteiger partial charge in [0.05, 0.1) is 11.7 Å².